The van der Waals surface area contributed by atoms with Gasteiger partial charge in [-0.25, -0.2) is 14.2 Å². The van der Waals surface area contributed by atoms with E-state index < -0.39 is 30.7 Å². The van der Waals surface area contributed by atoms with Crippen LogP contribution >= 0.6 is 0 Å². The Labute approximate surface area is 137 Å². The molecule has 7 heteroatoms. The number of halogens is 2. The molecule has 126 valence electrons. The number of carbonyl (C=O) groups excluding carboxylic acids is 2. The van der Waals surface area contributed by atoms with Crippen molar-refractivity contribution in [3.63, 3.8) is 0 Å². The van der Waals surface area contributed by atoms with E-state index in [4.69, 9.17) is 4.74 Å². The molecule has 0 bridgehead atoms. The molecule has 0 N–H and O–H groups in total. The lowest BCUT2D eigenvalue weighted by molar-refractivity contribution is -0.146. The first-order chi connectivity index (χ1) is 11.6. The van der Waals surface area contributed by atoms with Crippen LogP contribution in [-0.2, 0) is 16.0 Å². The van der Waals surface area contributed by atoms with Gasteiger partial charge < -0.3 is 4.74 Å². The largest absolute Gasteiger partial charge is 0.467 e. The van der Waals surface area contributed by atoms with Crippen LogP contribution in [0.3, 0.4) is 0 Å². The minimum absolute atomic E-state index is 0.0801. The second-order valence-corrected chi connectivity index (χ2v) is 4.99. The zero-order valence-corrected chi connectivity index (χ0v) is 13.0. The summed E-state index contributed by atoms with van der Waals surface area (Å²) in [7, 11) is 1.16. The van der Waals surface area contributed by atoms with Crippen LogP contribution in [0.15, 0.2) is 48.7 Å². The fourth-order valence-corrected chi connectivity index (χ4v) is 2.27. The van der Waals surface area contributed by atoms with Crippen molar-refractivity contribution in [1.29, 1.82) is 0 Å². The Kier molecular flexibility index (Phi) is 5.95. The van der Waals surface area contributed by atoms with Crippen LogP contribution in [0.4, 0.5) is 8.78 Å². The van der Waals surface area contributed by atoms with Gasteiger partial charge in [-0.3, -0.25) is 9.69 Å². The number of nitrogens with zero attached hydrogens (tertiary/aromatic N) is 2. The highest BCUT2D eigenvalue weighted by Gasteiger charge is 2.31. The second-order valence-electron chi connectivity index (χ2n) is 4.99. The van der Waals surface area contributed by atoms with Crippen molar-refractivity contribution in [3.05, 3.63) is 65.7 Å². The summed E-state index contributed by atoms with van der Waals surface area (Å²) in [5.41, 5.74) is 0.641. The van der Waals surface area contributed by atoms with E-state index in [0.29, 0.717) is 4.90 Å². The number of amides is 1. The Morgan fingerprint density at radius 1 is 1.25 bits per heavy atom. The molecule has 0 fully saturated rings. The second kappa shape index (κ2) is 8.14. The molecule has 1 aromatic heterocycles. The van der Waals surface area contributed by atoms with Crippen molar-refractivity contribution >= 4 is 11.9 Å². The molecule has 0 saturated heterocycles. The average molecular weight is 334 g/mol. The molecule has 0 aliphatic rings. The lowest BCUT2D eigenvalue weighted by Gasteiger charge is -2.27. The monoisotopic (exact) mass is 334 g/mol. The van der Waals surface area contributed by atoms with Crippen LogP contribution in [0.2, 0.25) is 0 Å². The summed E-state index contributed by atoms with van der Waals surface area (Å²) in [6.07, 6.45) is 1.18. The van der Waals surface area contributed by atoms with E-state index in [1.165, 1.54) is 6.07 Å². The summed E-state index contributed by atoms with van der Waals surface area (Å²) >= 11 is 0. The number of benzene rings is 1. The standard InChI is InChI=1S/C17H16F2N2O3/c1-24-17(23)14(9-12-5-3-2-4-6-12)21(11-18)16(22)13-7-8-20-15(19)10-13/h2-8,10,14H,9,11H2,1H3/t14-/m0/s1. The van der Waals surface area contributed by atoms with Crippen molar-refractivity contribution in [2.45, 2.75) is 12.5 Å². The van der Waals surface area contributed by atoms with Crippen molar-refractivity contribution in [2.75, 3.05) is 13.9 Å². The number of rotatable bonds is 6. The average Bonchev–Trinajstić information content (AvgIpc) is 2.61. The van der Waals surface area contributed by atoms with Crippen molar-refractivity contribution in [2.24, 2.45) is 0 Å². The number of aromatic nitrogens is 1. The molecule has 1 atom stereocenters. The smallest absolute Gasteiger partial charge is 0.329 e. The molecule has 2 rings (SSSR count). The summed E-state index contributed by atoms with van der Waals surface area (Å²) in [6, 6.07) is 9.83. The van der Waals surface area contributed by atoms with Crippen molar-refractivity contribution in [1.82, 2.24) is 9.88 Å². The fourth-order valence-electron chi connectivity index (χ4n) is 2.27. The summed E-state index contributed by atoms with van der Waals surface area (Å²) in [5.74, 6) is -2.43. The van der Waals surface area contributed by atoms with Crippen molar-refractivity contribution in [3.8, 4) is 0 Å². The zero-order valence-electron chi connectivity index (χ0n) is 13.0. The highest BCUT2D eigenvalue weighted by molar-refractivity contribution is 5.96. The van der Waals surface area contributed by atoms with E-state index in [1.807, 2.05) is 0 Å². The molecule has 2 aromatic rings. The van der Waals surface area contributed by atoms with Gasteiger partial charge in [0.05, 0.1) is 7.11 Å². The van der Waals surface area contributed by atoms with Gasteiger partial charge in [0.1, 0.15) is 6.04 Å². The maximum absolute atomic E-state index is 13.5. The van der Waals surface area contributed by atoms with Gasteiger partial charge in [0, 0.05) is 24.2 Å². The first-order valence-corrected chi connectivity index (χ1v) is 7.17. The molecule has 0 unspecified atom stereocenters. The molecule has 1 heterocycles. The van der Waals surface area contributed by atoms with Gasteiger partial charge in [0.25, 0.3) is 5.91 Å². The number of hydrogen-bond donors (Lipinski definition) is 0. The van der Waals surface area contributed by atoms with Crippen LogP contribution in [0.25, 0.3) is 0 Å². The lowest BCUT2D eigenvalue weighted by Crippen LogP contribution is -2.46. The molecule has 5 nitrogen and oxygen atoms in total. The van der Waals surface area contributed by atoms with E-state index in [9.17, 15) is 18.4 Å². The fraction of sp³-hybridized carbons (Fsp3) is 0.235. The van der Waals surface area contributed by atoms with Crippen LogP contribution in [0, 0.1) is 5.95 Å². The van der Waals surface area contributed by atoms with Gasteiger partial charge in [0.2, 0.25) is 5.95 Å². The summed E-state index contributed by atoms with van der Waals surface area (Å²) < 4.78 is 31.4. The SMILES string of the molecule is COC(=O)[C@H](Cc1ccccc1)N(CF)C(=O)c1ccnc(F)c1. The molecule has 0 aliphatic carbocycles. The van der Waals surface area contributed by atoms with E-state index >= 15 is 0 Å². The minimum Gasteiger partial charge on any atom is -0.467 e. The Hall–Kier alpha value is -2.83. The topological polar surface area (TPSA) is 59.5 Å². The molecule has 0 saturated carbocycles. The Morgan fingerprint density at radius 2 is 1.96 bits per heavy atom. The third-order valence-electron chi connectivity index (χ3n) is 3.48. The number of pyridine rings is 1. The normalized spacial score (nSPS) is 11.6. The molecule has 24 heavy (non-hydrogen) atoms. The molecule has 1 amide bonds. The zero-order chi connectivity index (χ0) is 17.5. The van der Waals surface area contributed by atoms with Gasteiger partial charge in [-0.15, -0.1) is 0 Å². The molecule has 0 aliphatic heterocycles. The first-order valence-electron chi connectivity index (χ1n) is 7.17. The molecule has 1 aromatic carbocycles. The number of esters is 1. The van der Waals surface area contributed by atoms with Crippen molar-refractivity contribution < 1.29 is 23.1 Å². The third-order valence-corrected chi connectivity index (χ3v) is 3.48. The number of alkyl halides is 1. The highest BCUT2D eigenvalue weighted by atomic mass is 19.1. The molecular weight excluding hydrogens is 318 g/mol. The first kappa shape index (κ1) is 17.5. The predicted molar refractivity (Wildman–Crippen MR) is 82.3 cm³/mol. The minimum atomic E-state index is -1.21. The van der Waals surface area contributed by atoms with Crippen LogP contribution < -0.4 is 0 Å². The number of ether oxygens (including phenoxy) is 1. The Bertz CT molecular complexity index is 710. The summed E-state index contributed by atoms with van der Waals surface area (Å²) in [4.78, 5) is 28.6. The maximum Gasteiger partial charge on any atom is 0.329 e. The summed E-state index contributed by atoms with van der Waals surface area (Å²) in [5, 5.41) is 0. The maximum atomic E-state index is 13.5. The highest BCUT2D eigenvalue weighted by Crippen LogP contribution is 2.15. The summed E-state index contributed by atoms with van der Waals surface area (Å²) in [6.45, 7) is -1.21. The molecule has 0 spiro atoms. The third kappa shape index (κ3) is 4.13. The van der Waals surface area contributed by atoms with Crippen LogP contribution in [0.5, 0.6) is 0 Å². The quantitative estimate of drug-likeness (QED) is 0.462. The van der Waals surface area contributed by atoms with E-state index in [2.05, 4.69) is 4.98 Å². The Morgan fingerprint density at radius 3 is 2.54 bits per heavy atom. The molecule has 0 radical (unpaired) electrons. The van der Waals surface area contributed by atoms with Gasteiger partial charge in [-0.1, -0.05) is 30.3 Å². The number of carbonyl (C=O) groups is 2. The van der Waals surface area contributed by atoms with Gasteiger partial charge >= 0.3 is 5.97 Å². The van der Waals surface area contributed by atoms with Crippen LogP contribution in [0.1, 0.15) is 15.9 Å². The van der Waals surface area contributed by atoms with E-state index in [1.54, 1.807) is 30.3 Å². The van der Waals surface area contributed by atoms with Gasteiger partial charge in [0.15, 0.2) is 6.80 Å². The number of methoxy groups -OCH3 is 1. The van der Waals surface area contributed by atoms with Gasteiger partial charge in [-0.05, 0) is 11.6 Å². The predicted octanol–water partition coefficient (Wildman–Crippen LogP) is 2.37. The van der Waals surface area contributed by atoms with E-state index in [-0.39, 0.29) is 12.0 Å². The molecular formula is C17H16F2N2O3. The van der Waals surface area contributed by atoms with E-state index in [0.717, 1.165) is 24.9 Å². The van der Waals surface area contributed by atoms with Gasteiger partial charge in [-0.2, -0.15) is 4.39 Å². The Balaban J connectivity index is 2.31. The number of hydrogen-bond acceptors (Lipinski definition) is 4. The van der Waals surface area contributed by atoms with Crippen LogP contribution in [-0.4, -0.2) is 41.7 Å². The lowest BCUT2D eigenvalue weighted by atomic mass is 10.0.